The molecule has 0 saturated heterocycles. The highest BCUT2D eigenvalue weighted by atomic mass is 16.3. The summed E-state index contributed by atoms with van der Waals surface area (Å²) in [6, 6.07) is 0. The van der Waals surface area contributed by atoms with Crippen molar-refractivity contribution in [3.63, 3.8) is 0 Å². The molecule has 3 nitrogen and oxygen atoms in total. The van der Waals surface area contributed by atoms with Crippen LogP contribution in [0, 0.1) is 11.8 Å². The third-order valence-corrected chi connectivity index (χ3v) is 3.58. The Morgan fingerprint density at radius 1 is 1.40 bits per heavy atom. The Kier molecular flexibility index (Phi) is 5.09. The molecule has 0 radical (unpaired) electrons. The average Bonchev–Trinajstić information content (AvgIpc) is 2.26. The molecule has 0 heterocycles. The minimum absolute atomic E-state index is 0.111. The maximum absolute atomic E-state index is 11.4. The molecule has 3 heteroatoms. The van der Waals surface area contributed by atoms with Crippen molar-refractivity contribution in [2.24, 2.45) is 17.6 Å². The van der Waals surface area contributed by atoms with Crippen molar-refractivity contribution in [3.8, 4) is 0 Å². The highest BCUT2D eigenvalue weighted by Gasteiger charge is 2.29. The van der Waals surface area contributed by atoms with E-state index in [-0.39, 0.29) is 17.9 Å². The number of aliphatic hydroxyl groups is 1. The molecule has 1 saturated carbocycles. The molecule has 1 aliphatic rings. The van der Waals surface area contributed by atoms with Gasteiger partial charge < -0.3 is 10.8 Å². The maximum Gasteiger partial charge on any atom is 0.220 e. The minimum Gasteiger partial charge on any atom is -0.393 e. The van der Waals surface area contributed by atoms with Gasteiger partial charge in [0.2, 0.25) is 5.91 Å². The van der Waals surface area contributed by atoms with E-state index in [1.54, 1.807) is 0 Å². The van der Waals surface area contributed by atoms with Crippen LogP contribution in [0.2, 0.25) is 0 Å². The number of carbonyl (C=O) groups excluding carboxylic acids is 1. The van der Waals surface area contributed by atoms with Gasteiger partial charge in [0.25, 0.3) is 0 Å². The van der Waals surface area contributed by atoms with Crippen LogP contribution in [0.1, 0.15) is 51.9 Å². The second-order valence-electron chi connectivity index (χ2n) is 4.70. The standard InChI is InChI=1S/C12H23NO2/c1-2-10(14)8-11(12(13)15)9-6-4-3-5-7-9/h9-11,14H,2-8H2,1H3,(H2,13,15). The third-order valence-electron chi connectivity index (χ3n) is 3.58. The van der Waals surface area contributed by atoms with Crippen LogP contribution in [0.5, 0.6) is 0 Å². The van der Waals surface area contributed by atoms with Gasteiger partial charge >= 0.3 is 0 Å². The predicted molar refractivity (Wildman–Crippen MR) is 60.2 cm³/mol. The third kappa shape index (κ3) is 3.82. The van der Waals surface area contributed by atoms with Crippen LogP contribution in [-0.2, 0) is 4.79 Å². The summed E-state index contributed by atoms with van der Waals surface area (Å²) in [5, 5.41) is 9.60. The maximum atomic E-state index is 11.4. The first-order valence-electron chi connectivity index (χ1n) is 6.12. The van der Waals surface area contributed by atoms with E-state index in [1.807, 2.05) is 6.92 Å². The largest absolute Gasteiger partial charge is 0.393 e. The van der Waals surface area contributed by atoms with Gasteiger partial charge in [-0.3, -0.25) is 4.79 Å². The number of primary amides is 1. The molecule has 1 fully saturated rings. The first kappa shape index (κ1) is 12.5. The lowest BCUT2D eigenvalue weighted by molar-refractivity contribution is -0.125. The molecule has 1 rings (SSSR count). The fraction of sp³-hybridized carbons (Fsp3) is 0.917. The summed E-state index contributed by atoms with van der Waals surface area (Å²) in [4.78, 5) is 11.4. The van der Waals surface area contributed by atoms with Gasteiger partial charge in [-0.05, 0) is 31.6 Å². The normalized spacial score (nSPS) is 22.3. The minimum atomic E-state index is -0.371. The van der Waals surface area contributed by atoms with Crippen molar-refractivity contribution < 1.29 is 9.90 Å². The molecule has 0 aliphatic heterocycles. The van der Waals surface area contributed by atoms with Crippen LogP contribution in [0.4, 0.5) is 0 Å². The fourth-order valence-electron chi connectivity index (χ4n) is 2.54. The second kappa shape index (κ2) is 6.11. The summed E-state index contributed by atoms with van der Waals surface area (Å²) in [6.45, 7) is 1.93. The zero-order valence-electron chi connectivity index (χ0n) is 9.61. The lowest BCUT2D eigenvalue weighted by Crippen LogP contribution is -2.34. The molecule has 1 amide bonds. The molecule has 0 aromatic heterocycles. The van der Waals surface area contributed by atoms with Gasteiger partial charge in [0.1, 0.15) is 0 Å². The summed E-state index contributed by atoms with van der Waals surface area (Å²) < 4.78 is 0. The van der Waals surface area contributed by atoms with Crippen molar-refractivity contribution in [2.75, 3.05) is 0 Å². The zero-order chi connectivity index (χ0) is 11.3. The number of nitrogens with two attached hydrogens (primary N) is 1. The number of rotatable bonds is 5. The molecule has 0 spiro atoms. The molecule has 3 N–H and O–H groups in total. The highest BCUT2D eigenvalue weighted by molar-refractivity contribution is 5.77. The van der Waals surface area contributed by atoms with E-state index in [4.69, 9.17) is 5.73 Å². The van der Waals surface area contributed by atoms with E-state index >= 15 is 0 Å². The van der Waals surface area contributed by atoms with E-state index in [0.29, 0.717) is 18.8 Å². The number of aliphatic hydroxyl groups excluding tert-OH is 1. The van der Waals surface area contributed by atoms with Crippen molar-refractivity contribution in [1.29, 1.82) is 0 Å². The van der Waals surface area contributed by atoms with Crippen LogP contribution in [0.3, 0.4) is 0 Å². The quantitative estimate of drug-likeness (QED) is 0.731. The van der Waals surface area contributed by atoms with Gasteiger partial charge in [-0.15, -0.1) is 0 Å². The second-order valence-corrected chi connectivity index (χ2v) is 4.70. The van der Waals surface area contributed by atoms with E-state index in [2.05, 4.69) is 0 Å². The van der Waals surface area contributed by atoms with Crippen LogP contribution in [0.15, 0.2) is 0 Å². The van der Waals surface area contributed by atoms with Gasteiger partial charge in [-0.2, -0.15) is 0 Å². The molecule has 0 aromatic carbocycles. The van der Waals surface area contributed by atoms with Crippen LogP contribution >= 0.6 is 0 Å². The summed E-state index contributed by atoms with van der Waals surface area (Å²) >= 11 is 0. The molecule has 2 unspecified atom stereocenters. The zero-order valence-corrected chi connectivity index (χ0v) is 9.61. The van der Waals surface area contributed by atoms with Crippen molar-refractivity contribution in [2.45, 2.75) is 58.0 Å². The molecule has 15 heavy (non-hydrogen) atoms. The average molecular weight is 213 g/mol. The SMILES string of the molecule is CCC(O)CC(C(N)=O)C1CCCCC1. The van der Waals surface area contributed by atoms with Crippen LogP contribution in [0.25, 0.3) is 0 Å². The Balaban J connectivity index is 2.51. The Morgan fingerprint density at radius 2 is 2.00 bits per heavy atom. The van der Waals surface area contributed by atoms with Crippen molar-refractivity contribution in [3.05, 3.63) is 0 Å². The van der Waals surface area contributed by atoms with Crippen LogP contribution in [-0.4, -0.2) is 17.1 Å². The lowest BCUT2D eigenvalue weighted by atomic mass is 9.77. The molecule has 2 atom stereocenters. The van der Waals surface area contributed by atoms with Crippen molar-refractivity contribution in [1.82, 2.24) is 0 Å². The number of hydrogen-bond donors (Lipinski definition) is 2. The Hall–Kier alpha value is -0.570. The highest BCUT2D eigenvalue weighted by Crippen LogP contribution is 2.32. The van der Waals surface area contributed by atoms with E-state index in [0.717, 1.165) is 12.8 Å². The van der Waals surface area contributed by atoms with E-state index in [9.17, 15) is 9.90 Å². The van der Waals surface area contributed by atoms with E-state index in [1.165, 1.54) is 19.3 Å². The lowest BCUT2D eigenvalue weighted by Gasteiger charge is -2.29. The van der Waals surface area contributed by atoms with E-state index < -0.39 is 0 Å². The predicted octanol–water partition coefficient (Wildman–Crippen LogP) is 1.83. The first-order chi connectivity index (χ1) is 7.15. The molecular weight excluding hydrogens is 190 g/mol. The number of carbonyl (C=O) groups is 1. The summed E-state index contributed by atoms with van der Waals surface area (Å²) in [6.07, 6.45) is 6.77. The first-order valence-corrected chi connectivity index (χ1v) is 6.12. The van der Waals surface area contributed by atoms with Crippen molar-refractivity contribution >= 4 is 5.91 Å². The van der Waals surface area contributed by atoms with Gasteiger partial charge in [0.15, 0.2) is 0 Å². The fourth-order valence-corrected chi connectivity index (χ4v) is 2.54. The number of amides is 1. The number of hydrogen-bond acceptors (Lipinski definition) is 2. The molecule has 0 aromatic rings. The molecule has 88 valence electrons. The van der Waals surface area contributed by atoms with Gasteiger partial charge in [-0.25, -0.2) is 0 Å². The van der Waals surface area contributed by atoms with Gasteiger partial charge in [0.05, 0.1) is 6.10 Å². The molecule has 1 aliphatic carbocycles. The van der Waals surface area contributed by atoms with Gasteiger partial charge in [-0.1, -0.05) is 26.2 Å². The summed E-state index contributed by atoms with van der Waals surface area (Å²) in [7, 11) is 0. The Labute approximate surface area is 92.0 Å². The Bertz CT molecular complexity index is 200. The summed E-state index contributed by atoms with van der Waals surface area (Å²) in [5.74, 6) is 0.0760. The Morgan fingerprint density at radius 3 is 2.47 bits per heavy atom. The molecular formula is C12H23NO2. The summed E-state index contributed by atoms with van der Waals surface area (Å²) in [5.41, 5.74) is 5.42. The molecule has 0 bridgehead atoms. The van der Waals surface area contributed by atoms with Crippen LogP contribution < -0.4 is 5.73 Å². The smallest absolute Gasteiger partial charge is 0.220 e. The monoisotopic (exact) mass is 213 g/mol. The van der Waals surface area contributed by atoms with Gasteiger partial charge in [0, 0.05) is 5.92 Å². The topological polar surface area (TPSA) is 63.3 Å².